The minimum absolute atomic E-state index is 0.0658. The second kappa shape index (κ2) is 3.42. The molecule has 0 radical (unpaired) electrons. The monoisotopic (exact) mass is 177 g/mol. The van der Waals surface area contributed by atoms with Crippen LogP contribution in [-0.4, -0.2) is 18.8 Å². The van der Waals surface area contributed by atoms with Crippen LogP contribution in [0.4, 0.5) is 13.2 Å². The molecule has 0 saturated carbocycles. The Kier molecular flexibility index (Phi) is 2.52. The average Bonchev–Trinajstić information content (AvgIpc) is 2.01. The Bertz CT molecular complexity index is 249. The highest BCUT2D eigenvalue weighted by atomic mass is 19.2. The fraction of sp³-hybridized carbons (Fsp3) is 0.286. The topological polar surface area (TPSA) is 29.1 Å². The highest BCUT2D eigenvalue weighted by Gasteiger charge is 2.27. The molecule has 1 aliphatic carbocycles. The van der Waals surface area contributed by atoms with Gasteiger partial charge < -0.3 is 5.32 Å². The van der Waals surface area contributed by atoms with Crippen LogP contribution in [0, 0.1) is 0 Å². The predicted molar refractivity (Wildman–Crippen MR) is 36.3 cm³/mol. The second-order valence-electron chi connectivity index (χ2n) is 2.26. The molecule has 0 fully saturated rings. The number of rotatable bonds is 2. The number of carbonyl (C=O) groups excluding carboxylic acids is 1. The Morgan fingerprint density at radius 1 is 1.50 bits per heavy atom. The molecule has 0 spiro atoms. The SMILES string of the molecule is O=CNC1=CC(F)[C@H](F)C(F)=C1. The van der Waals surface area contributed by atoms with Gasteiger partial charge in [-0.25, -0.2) is 13.2 Å². The molecule has 2 atom stereocenters. The highest BCUT2D eigenvalue weighted by molar-refractivity contribution is 5.53. The van der Waals surface area contributed by atoms with Crippen molar-refractivity contribution in [2.24, 2.45) is 0 Å². The van der Waals surface area contributed by atoms with Gasteiger partial charge in [-0.3, -0.25) is 4.79 Å². The largest absolute Gasteiger partial charge is 0.329 e. The zero-order chi connectivity index (χ0) is 9.14. The van der Waals surface area contributed by atoms with Gasteiger partial charge in [0.15, 0.2) is 12.3 Å². The third-order valence-electron chi connectivity index (χ3n) is 1.40. The molecule has 0 saturated heterocycles. The van der Waals surface area contributed by atoms with E-state index in [9.17, 15) is 18.0 Å². The Hall–Kier alpha value is -1.26. The van der Waals surface area contributed by atoms with E-state index < -0.39 is 18.2 Å². The second-order valence-corrected chi connectivity index (χ2v) is 2.26. The lowest BCUT2D eigenvalue weighted by molar-refractivity contribution is -0.108. The Balaban J connectivity index is 2.79. The summed E-state index contributed by atoms with van der Waals surface area (Å²) in [7, 11) is 0. The van der Waals surface area contributed by atoms with Gasteiger partial charge in [-0.05, 0) is 12.2 Å². The van der Waals surface area contributed by atoms with Gasteiger partial charge in [0.2, 0.25) is 6.41 Å². The quantitative estimate of drug-likeness (QED) is 0.630. The number of alkyl halides is 2. The standard InChI is InChI=1S/C7H6F3NO/c8-5-1-4(11-3-12)2-6(9)7(5)10/h1-3,5,7H,(H,11,12)/t5?,7-/m0/s1. The maximum absolute atomic E-state index is 12.5. The molecule has 12 heavy (non-hydrogen) atoms. The molecular formula is C7H6F3NO. The summed E-state index contributed by atoms with van der Waals surface area (Å²) in [5, 5.41) is 2.02. The van der Waals surface area contributed by atoms with Crippen LogP contribution >= 0.6 is 0 Å². The molecule has 0 bridgehead atoms. The summed E-state index contributed by atoms with van der Waals surface area (Å²) in [6.45, 7) is 0. The first-order valence-electron chi connectivity index (χ1n) is 3.22. The lowest BCUT2D eigenvalue weighted by Gasteiger charge is -2.14. The third kappa shape index (κ3) is 1.66. The van der Waals surface area contributed by atoms with Crippen molar-refractivity contribution in [3.8, 4) is 0 Å². The van der Waals surface area contributed by atoms with Crippen molar-refractivity contribution < 1.29 is 18.0 Å². The molecule has 5 heteroatoms. The molecule has 66 valence electrons. The van der Waals surface area contributed by atoms with Crippen molar-refractivity contribution in [2.45, 2.75) is 12.3 Å². The van der Waals surface area contributed by atoms with Crippen molar-refractivity contribution >= 4 is 6.41 Å². The van der Waals surface area contributed by atoms with Crippen LogP contribution in [0.1, 0.15) is 0 Å². The van der Waals surface area contributed by atoms with E-state index in [1.54, 1.807) is 0 Å². The molecule has 0 heterocycles. The van der Waals surface area contributed by atoms with Crippen LogP contribution in [0.15, 0.2) is 23.7 Å². The lowest BCUT2D eigenvalue weighted by atomic mass is 10.1. The number of amides is 1. The van der Waals surface area contributed by atoms with Crippen LogP contribution < -0.4 is 5.32 Å². The number of nitrogens with one attached hydrogen (secondary N) is 1. The van der Waals surface area contributed by atoms with E-state index in [4.69, 9.17) is 0 Å². The normalized spacial score (nSPS) is 28.9. The van der Waals surface area contributed by atoms with Gasteiger partial charge in [-0.1, -0.05) is 0 Å². The van der Waals surface area contributed by atoms with Crippen molar-refractivity contribution in [3.05, 3.63) is 23.7 Å². The van der Waals surface area contributed by atoms with E-state index in [-0.39, 0.29) is 12.1 Å². The van der Waals surface area contributed by atoms with Crippen LogP contribution in [0.25, 0.3) is 0 Å². The summed E-state index contributed by atoms with van der Waals surface area (Å²) in [5.74, 6) is -1.21. The summed E-state index contributed by atoms with van der Waals surface area (Å²) in [6, 6.07) is 0. The van der Waals surface area contributed by atoms with Gasteiger partial charge in [0.1, 0.15) is 5.83 Å². The van der Waals surface area contributed by atoms with E-state index in [1.165, 1.54) is 0 Å². The highest BCUT2D eigenvalue weighted by Crippen LogP contribution is 2.22. The maximum Gasteiger partial charge on any atom is 0.211 e. The molecule has 1 amide bonds. The minimum atomic E-state index is -2.25. The molecule has 0 aromatic heterocycles. The first-order chi connectivity index (χ1) is 5.65. The van der Waals surface area contributed by atoms with E-state index in [0.29, 0.717) is 0 Å². The van der Waals surface area contributed by atoms with Crippen LogP contribution in [0.3, 0.4) is 0 Å². The van der Waals surface area contributed by atoms with Gasteiger partial charge in [0, 0.05) is 5.70 Å². The van der Waals surface area contributed by atoms with Gasteiger partial charge in [-0.2, -0.15) is 0 Å². The Morgan fingerprint density at radius 3 is 2.67 bits per heavy atom. The summed E-state index contributed by atoms with van der Waals surface area (Å²) >= 11 is 0. The number of allylic oxidation sites excluding steroid dienone is 3. The molecule has 1 N–H and O–H groups in total. The number of hydrogen-bond donors (Lipinski definition) is 1. The molecule has 0 aromatic rings. The van der Waals surface area contributed by atoms with Crippen molar-refractivity contribution in [1.29, 1.82) is 0 Å². The lowest BCUT2D eigenvalue weighted by Crippen LogP contribution is -2.23. The average molecular weight is 177 g/mol. The molecule has 0 aromatic carbocycles. The van der Waals surface area contributed by atoms with E-state index in [0.717, 1.165) is 12.2 Å². The maximum atomic E-state index is 12.5. The molecular weight excluding hydrogens is 171 g/mol. The van der Waals surface area contributed by atoms with Gasteiger partial charge in [0.05, 0.1) is 0 Å². The summed E-state index contributed by atoms with van der Waals surface area (Å²) in [4.78, 5) is 9.85. The van der Waals surface area contributed by atoms with E-state index in [1.807, 2.05) is 5.32 Å². The van der Waals surface area contributed by atoms with Crippen molar-refractivity contribution in [3.63, 3.8) is 0 Å². The van der Waals surface area contributed by atoms with E-state index >= 15 is 0 Å². The Morgan fingerprint density at radius 2 is 2.17 bits per heavy atom. The molecule has 2 nitrogen and oxygen atoms in total. The fourth-order valence-electron chi connectivity index (χ4n) is 0.842. The van der Waals surface area contributed by atoms with Crippen molar-refractivity contribution in [2.75, 3.05) is 0 Å². The number of halogens is 3. The third-order valence-corrected chi connectivity index (χ3v) is 1.40. The zero-order valence-electron chi connectivity index (χ0n) is 5.93. The molecule has 1 unspecified atom stereocenters. The molecule has 1 rings (SSSR count). The van der Waals surface area contributed by atoms with Crippen LogP contribution in [-0.2, 0) is 4.79 Å². The summed E-state index contributed by atoms with van der Waals surface area (Å²) in [6.07, 6.45) is -2.46. The smallest absolute Gasteiger partial charge is 0.211 e. The number of carbonyl (C=O) groups is 1. The Labute approximate surface area is 66.8 Å². The van der Waals surface area contributed by atoms with Crippen LogP contribution in [0.2, 0.25) is 0 Å². The molecule has 1 aliphatic rings. The first kappa shape index (κ1) is 8.83. The fourth-order valence-corrected chi connectivity index (χ4v) is 0.842. The van der Waals surface area contributed by atoms with Gasteiger partial charge in [0.25, 0.3) is 0 Å². The molecule has 0 aliphatic heterocycles. The van der Waals surface area contributed by atoms with Gasteiger partial charge >= 0.3 is 0 Å². The minimum Gasteiger partial charge on any atom is -0.329 e. The van der Waals surface area contributed by atoms with Crippen LogP contribution in [0.5, 0.6) is 0 Å². The predicted octanol–water partition coefficient (Wildman–Crippen LogP) is 1.16. The van der Waals surface area contributed by atoms with Crippen molar-refractivity contribution in [1.82, 2.24) is 5.32 Å². The summed E-state index contributed by atoms with van der Waals surface area (Å²) in [5.41, 5.74) is -0.0658. The van der Waals surface area contributed by atoms with E-state index in [2.05, 4.69) is 0 Å². The van der Waals surface area contributed by atoms with Gasteiger partial charge in [-0.15, -0.1) is 0 Å². The number of hydrogen-bond acceptors (Lipinski definition) is 1. The first-order valence-corrected chi connectivity index (χ1v) is 3.22. The summed E-state index contributed by atoms with van der Waals surface area (Å²) < 4.78 is 37.4. The zero-order valence-corrected chi connectivity index (χ0v) is 5.93.